The van der Waals surface area contributed by atoms with Gasteiger partial charge in [0.2, 0.25) is 5.91 Å². The molecule has 1 saturated carbocycles. The summed E-state index contributed by atoms with van der Waals surface area (Å²) in [5.74, 6) is 0.694. The summed E-state index contributed by atoms with van der Waals surface area (Å²) in [7, 11) is 0.483. The minimum Gasteiger partial charge on any atom is -0.360 e. The molecule has 0 spiro atoms. The van der Waals surface area contributed by atoms with Gasteiger partial charge in [-0.05, 0) is 49.6 Å². The molecule has 1 N–H and O–H groups in total. The van der Waals surface area contributed by atoms with Crippen LogP contribution < -0.4 is 4.90 Å². The van der Waals surface area contributed by atoms with Crippen molar-refractivity contribution in [3.05, 3.63) is 28.7 Å². The summed E-state index contributed by atoms with van der Waals surface area (Å²) in [6.07, 6.45) is 3.18. The van der Waals surface area contributed by atoms with Gasteiger partial charge in [-0.2, -0.15) is 5.10 Å². The van der Waals surface area contributed by atoms with Gasteiger partial charge in [0, 0.05) is 45.5 Å². The average Bonchev–Trinajstić information content (AvgIpc) is 3.09. The van der Waals surface area contributed by atoms with Crippen LogP contribution in [-0.4, -0.2) is 47.4 Å². The molecule has 2 aromatic heterocycles. The number of nitrogens with zero attached hydrogens (tertiary/aromatic N) is 4. The highest BCUT2D eigenvalue weighted by molar-refractivity contribution is 6.76. The summed E-state index contributed by atoms with van der Waals surface area (Å²) in [4.78, 5) is 21.3. The Morgan fingerprint density at radius 1 is 1.40 bits per heavy atom. The van der Waals surface area contributed by atoms with E-state index in [0.29, 0.717) is 46.2 Å². The lowest BCUT2D eigenvalue weighted by molar-refractivity contribution is -0.116. The van der Waals surface area contributed by atoms with Crippen LogP contribution in [0.2, 0.25) is 25.7 Å². The topological polar surface area (TPSA) is 76.0 Å². The minimum absolute atomic E-state index is 0.156. The Hall–Kier alpha value is -2.52. The predicted molar refractivity (Wildman–Crippen MR) is 139 cm³/mol. The van der Waals surface area contributed by atoms with Crippen LogP contribution >= 0.6 is 0 Å². The van der Waals surface area contributed by atoms with Crippen molar-refractivity contribution in [1.29, 1.82) is 0 Å². The molecule has 0 bridgehead atoms. The van der Waals surface area contributed by atoms with Crippen LogP contribution in [0.15, 0.2) is 6.07 Å². The molecule has 2 aliphatic carbocycles. The highest BCUT2D eigenvalue weighted by Crippen LogP contribution is 2.60. The number of hydrogen-bond acceptors (Lipinski definition) is 4. The molecule has 188 valence electrons. The lowest BCUT2D eigenvalue weighted by Gasteiger charge is -2.20. The number of imidazole rings is 1. The summed E-state index contributed by atoms with van der Waals surface area (Å²) >= 11 is 0. The van der Waals surface area contributed by atoms with Crippen LogP contribution in [0.4, 0.5) is 10.1 Å². The third-order valence-electron chi connectivity index (χ3n) is 7.93. The van der Waals surface area contributed by atoms with E-state index in [0.717, 1.165) is 31.2 Å². The maximum atomic E-state index is 15.3. The Kier molecular flexibility index (Phi) is 5.71. The van der Waals surface area contributed by atoms with Crippen LogP contribution in [0.25, 0.3) is 22.6 Å². The highest BCUT2D eigenvalue weighted by atomic mass is 28.3. The average molecular weight is 498 g/mol. The molecule has 1 fully saturated rings. The number of fused-ring (bicyclic) bond motifs is 3. The van der Waals surface area contributed by atoms with E-state index in [1.165, 1.54) is 29.5 Å². The second-order valence-electron chi connectivity index (χ2n) is 11.9. The summed E-state index contributed by atoms with van der Waals surface area (Å²) in [5, 5.41) is 4.94. The first-order valence-corrected chi connectivity index (χ1v) is 16.2. The van der Waals surface area contributed by atoms with Crippen molar-refractivity contribution in [1.82, 2.24) is 19.7 Å². The van der Waals surface area contributed by atoms with Gasteiger partial charge in [0.25, 0.3) is 0 Å². The van der Waals surface area contributed by atoms with Crippen molar-refractivity contribution < 1.29 is 13.9 Å². The van der Waals surface area contributed by atoms with Gasteiger partial charge in [0.05, 0.1) is 11.2 Å². The Morgan fingerprint density at radius 3 is 2.83 bits per heavy atom. The fraction of sp³-hybridized carbons (Fsp3) is 0.577. The Balaban J connectivity index is 1.52. The van der Waals surface area contributed by atoms with E-state index >= 15 is 4.39 Å². The molecule has 9 heteroatoms. The number of H-pyrrole nitrogens is 1. The number of ether oxygens (including phenoxy) is 1. The van der Waals surface area contributed by atoms with Crippen molar-refractivity contribution >= 4 is 30.7 Å². The Labute approximate surface area is 207 Å². The summed E-state index contributed by atoms with van der Waals surface area (Å²) < 4.78 is 23.4. The molecule has 2 atom stereocenters. The van der Waals surface area contributed by atoms with Gasteiger partial charge in [-0.15, -0.1) is 0 Å². The van der Waals surface area contributed by atoms with E-state index < -0.39 is 8.07 Å². The summed E-state index contributed by atoms with van der Waals surface area (Å²) in [5.41, 5.74) is 5.35. The van der Waals surface area contributed by atoms with Crippen molar-refractivity contribution in [3.63, 3.8) is 0 Å². The number of hydrogen-bond donors (Lipinski definition) is 1. The van der Waals surface area contributed by atoms with Gasteiger partial charge in [0.15, 0.2) is 11.6 Å². The number of nitrogens with one attached hydrogen (secondary N) is 1. The van der Waals surface area contributed by atoms with Gasteiger partial charge in [-0.3, -0.25) is 4.79 Å². The number of carbonyl (C=O) groups excluding carboxylic acids is 1. The van der Waals surface area contributed by atoms with Crippen LogP contribution in [-0.2, 0) is 29.1 Å². The molecule has 1 amide bonds. The largest absolute Gasteiger partial charge is 0.360 e. The third-order valence-corrected chi connectivity index (χ3v) is 9.64. The van der Waals surface area contributed by atoms with Crippen LogP contribution in [0.3, 0.4) is 0 Å². The smallest absolute Gasteiger partial charge is 0.223 e. The maximum Gasteiger partial charge on any atom is 0.223 e. The molecule has 3 aromatic rings. The molecule has 0 radical (unpaired) electrons. The van der Waals surface area contributed by atoms with Crippen molar-refractivity contribution in [2.45, 2.75) is 72.4 Å². The molecular weight excluding hydrogens is 461 g/mol. The zero-order valence-corrected chi connectivity index (χ0v) is 22.9. The van der Waals surface area contributed by atoms with Crippen molar-refractivity contribution in [2.24, 2.45) is 11.3 Å². The van der Waals surface area contributed by atoms with Crippen molar-refractivity contribution in [3.8, 4) is 11.5 Å². The van der Waals surface area contributed by atoms with Crippen LogP contribution in [0, 0.1) is 24.1 Å². The number of anilines is 1. The van der Waals surface area contributed by atoms with E-state index in [4.69, 9.17) is 14.8 Å². The lowest BCUT2D eigenvalue weighted by atomic mass is 9.87. The number of amides is 1. The molecular formula is C26H36FN5O2Si. The third kappa shape index (κ3) is 4.33. The molecule has 0 saturated heterocycles. The SMILES string of the molecule is CC(=O)N(C)c1cc2nc(-c3nn(COCC[Si](C)(C)C)c4c3C[C@@H]3C[C@]3(C)C4)[nH]c2c(F)c1C. The number of carbonyl (C=O) groups is 1. The monoisotopic (exact) mass is 497 g/mol. The van der Waals surface area contributed by atoms with Crippen molar-refractivity contribution in [2.75, 3.05) is 18.6 Å². The standard InChI is InChI=1S/C26H36FN5O2Si/c1-15-20(31(4)16(2)33)11-19-24(22(15)27)29-25(28-19)23-18-10-17-12-26(17,3)13-21(18)32(30-23)14-34-8-9-35(5,6)7/h11,17H,8-10,12-14H2,1-7H3,(H,28,29)/t17-,26-/m1/s1. The van der Waals surface area contributed by atoms with Gasteiger partial charge in [0.1, 0.15) is 17.9 Å². The number of halogens is 1. The molecule has 7 nitrogen and oxygen atoms in total. The number of rotatable bonds is 7. The quantitative estimate of drug-likeness (QED) is 0.355. The predicted octanol–water partition coefficient (Wildman–Crippen LogP) is 5.29. The van der Waals surface area contributed by atoms with Gasteiger partial charge in [-0.25, -0.2) is 14.1 Å². The Bertz CT molecular complexity index is 1320. The Morgan fingerprint density at radius 2 is 2.14 bits per heavy atom. The first kappa shape index (κ1) is 24.2. The second kappa shape index (κ2) is 8.26. The van der Waals surface area contributed by atoms with Crippen LogP contribution in [0.5, 0.6) is 0 Å². The summed E-state index contributed by atoms with van der Waals surface area (Å²) in [6, 6.07) is 2.89. The first-order valence-electron chi connectivity index (χ1n) is 12.5. The molecule has 35 heavy (non-hydrogen) atoms. The molecule has 0 unspecified atom stereocenters. The van der Waals surface area contributed by atoms with Gasteiger partial charge < -0.3 is 14.6 Å². The minimum atomic E-state index is -1.17. The van der Waals surface area contributed by atoms with E-state index in [9.17, 15) is 4.79 Å². The fourth-order valence-electron chi connectivity index (χ4n) is 5.27. The number of benzene rings is 1. The second-order valence-corrected chi connectivity index (χ2v) is 17.6. The molecule has 5 rings (SSSR count). The summed E-state index contributed by atoms with van der Waals surface area (Å²) in [6.45, 7) is 13.7. The van der Waals surface area contributed by atoms with Crippen LogP contribution in [0.1, 0.15) is 37.1 Å². The molecule has 2 heterocycles. The highest BCUT2D eigenvalue weighted by Gasteiger charge is 2.54. The fourth-order valence-corrected chi connectivity index (χ4v) is 6.02. The van der Waals surface area contributed by atoms with Gasteiger partial charge >= 0.3 is 0 Å². The van der Waals surface area contributed by atoms with E-state index in [1.807, 2.05) is 4.68 Å². The number of aromatic nitrogens is 4. The molecule has 0 aliphatic heterocycles. The van der Waals surface area contributed by atoms with E-state index in [-0.39, 0.29) is 11.7 Å². The first-order chi connectivity index (χ1) is 16.4. The van der Waals surface area contributed by atoms with E-state index in [1.54, 1.807) is 20.0 Å². The van der Waals surface area contributed by atoms with E-state index in [2.05, 4.69) is 31.5 Å². The zero-order chi connectivity index (χ0) is 25.3. The lowest BCUT2D eigenvalue weighted by Crippen LogP contribution is -2.24. The maximum absolute atomic E-state index is 15.3. The zero-order valence-electron chi connectivity index (χ0n) is 21.9. The molecule has 1 aromatic carbocycles. The van der Waals surface area contributed by atoms with Gasteiger partial charge in [-0.1, -0.05) is 26.6 Å². The number of aromatic amines is 1. The molecule has 2 aliphatic rings. The normalized spacial score (nSPS) is 21.2.